The third-order valence-corrected chi connectivity index (χ3v) is 4.15. The molecule has 4 rings (SSSR count). The van der Waals surface area contributed by atoms with E-state index in [-0.39, 0.29) is 0 Å². The predicted molar refractivity (Wildman–Crippen MR) is 87.4 cm³/mol. The van der Waals surface area contributed by atoms with Crippen LogP contribution in [0.4, 0.5) is 0 Å². The third-order valence-electron chi connectivity index (χ3n) is 4.15. The SMILES string of the molecule is O=C(O)[C@@H]1NCCc2[nH]c(-c3cnn(Cc4ccccc4)c3)nc21. The monoisotopic (exact) mass is 323 g/mol. The quantitative estimate of drug-likeness (QED) is 0.678. The molecule has 2 aromatic heterocycles. The van der Waals surface area contributed by atoms with Crippen LogP contribution in [0.2, 0.25) is 0 Å². The van der Waals surface area contributed by atoms with Crippen LogP contribution < -0.4 is 5.32 Å². The maximum atomic E-state index is 11.3. The summed E-state index contributed by atoms with van der Waals surface area (Å²) in [5, 5.41) is 16.6. The lowest BCUT2D eigenvalue weighted by Crippen LogP contribution is -2.35. The molecule has 0 radical (unpaired) electrons. The Balaban J connectivity index is 1.60. The first kappa shape index (κ1) is 14.6. The minimum atomic E-state index is -0.909. The number of nitrogens with one attached hydrogen (secondary N) is 2. The van der Waals surface area contributed by atoms with E-state index in [9.17, 15) is 9.90 Å². The molecule has 3 heterocycles. The number of aromatic amines is 1. The molecule has 24 heavy (non-hydrogen) atoms. The van der Waals surface area contributed by atoms with Gasteiger partial charge in [-0.15, -0.1) is 0 Å². The highest BCUT2D eigenvalue weighted by atomic mass is 16.4. The molecule has 0 aliphatic carbocycles. The number of H-pyrrole nitrogens is 1. The molecule has 1 aliphatic rings. The first-order valence-electron chi connectivity index (χ1n) is 7.82. The van der Waals surface area contributed by atoms with Gasteiger partial charge in [0, 0.05) is 24.9 Å². The fraction of sp³-hybridized carbons (Fsp3) is 0.235. The number of rotatable bonds is 4. The summed E-state index contributed by atoms with van der Waals surface area (Å²) in [6.45, 7) is 1.30. The first-order chi connectivity index (χ1) is 11.7. The van der Waals surface area contributed by atoms with Gasteiger partial charge in [-0.1, -0.05) is 30.3 Å². The van der Waals surface area contributed by atoms with E-state index in [1.165, 1.54) is 5.56 Å². The summed E-state index contributed by atoms with van der Waals surface area (Å²) in [5.41, 5.74) is 3.47. The molecule has 1 aliphatic heterocycles. The lowest BCUT2D eigenvalue weighted by molar-refractivity contribution is -0.139. The van der Waals surface area contributed by atoms with Gasteiger partial charge >= 0.3 is 5.97 Å². The molecule has 0 bridgehead atoms. The lowest BCUT2D eigenvalue weighted by Gasteiger charge is -2.18. The Labute approximate surface area is 138 Å². The molecular weight excluding hydrogens is 306 g/mol. The van der Waals surface area contributed by atoms with Gasteiger partial charge in [0.25, 0.3) is 0 Å². The molecular formula is C17H17N5O2. The molecule has 1 atom stereocenters. The van der Waals surface area contributed by atoms with Gasteiger partial charge < -0.3 is 10.1 Å². The summed E-state index contributed by atoms with van der Waals surface area (Å²) in [6.07, 6.45) is 4.40. The van der Waals surface area contributed by atoms with Crippen molar-refractivity contribution in [2.75, 3.05) is 6.54 Å². The van der Waals surface area contributed by atoms with Crippen LogP contribution in [0.5, 0.6) is 0 Å². The third kappa shape index (κ3) is 2.69. The van der Waals surface area contributed by atoms with E-state index in [0.29, 0.717) is 24.6 Å². The number of carboxylic acid groups (broad SMARTS) is 1. The molecule has 0 fully saturated rings. The summed E-state index contributed by atoms with van der Waals surface area (Å²) >= 11 is 0. The fourth-order valence-corrected chi connectivity index (χ4v) is 2.97. The minimum absolute atomic E-state index is 0.569. The van der Waals surface area contributed by atoms with Crippen molar-refractivity contribution in [2.45, 2.75) is 19.0 Å². The molecule has 0 spiro atoms. The molecule has 0 saturated heterocycles. The van der Waals surface area contributed by atoms with E-state index in [4.69, 9.17) is 0 Å². The highest BCUT2D eigenvalue weighted by Crippen LogP contribution is 2.25. The molecule has 3 aromatic rings. The van der Waals surface area contributed by atoms with Gasteiger partial charge in [0.2, 0.25) is 0 Å². The van der Waals surface area contributed by atoms with Crippen molar-refractivity contribution in [3.05, 3.63) is 59.7 Å². The Morgan fingerprint density at radius 3 is 2.96 bits per heavy atom. The van der Waals surface area contributed by atoms with E-state index in [1.54, 1.807) is 6.20 Å². The zero-order valence-corrected chi connectivity index (χ0v) is 12.9. The van der Waals surface area contributed by atoms with E-state index in [0.717, 1.165) is 17.7 Å². The molecule has 1 aromatic carbocycles. The van der Waals surface area contributed by atoms with Gasteiger partial charge in [-0.2, -0.15) is 5.10 Å². The van der Waals surface area contributed by atoms with Gasteiger partial charge in [-0.25, -0.2) is 4.98 Å². The number of fused-ring (bicyclic) bond motifs is 1. The summed E-state index contributed by atoms with van der Waals surface area (Å²) in [7, 11) is 0. The number of hydrogen-bond acceptors (Lipinski definition) is 4. The van der Waals surface area contributed by atoms with Crippen molar-refractivity contribution < 1.29 is 9.90 Å². The van der Waals surface area contributed by atoms with Crippen LogP contribution in [-0.2, 0) is 17.8 Å². The maximum absolute atomic E-state index is 11.3. The van der Waals surface area contributed by atoms with Crippen molar-refractivity contribution in [3.8, 4) is 11.4 Å². The zero-order chi connectivity index (χ0) is 16.5. The number of imidazole rings is 1. The Hall–Kier alpha value is -2.93. The van der Waals surface area contributed by atoms with Crippen LogP contribution in [0.3, 0.4) is 0 Å². The summed E-state index contributed by atoms with van der Waals surface area (Å²) < 4.78 is 1.85. The van der Waals surface area contributed by atoms with E-state index in [2.05, 4.69) is 32.5 Å². The summed E-state index contributed by atoms with van der Waals surface area (Å²) in [5.74, 6) is -0.247. The van der Waals surface area contributed by atoms with Crippen LogP contribution in [0.1, 0.15) is 23.0 Å². The number of hydrogen-bond donors (Lipinski definition) is 3. The van der Waals surface area contributed by atoms with Gasteiger partial charge in [0.15, 0.2) is 6.04 Å². The lowest BCUT2D eigenvalue weighted by atomic mass is 10.1. The normalized spacial score (nSPS) is 16.8. The van der Waals surface area contributed by atoms with E-state index >= 15 is 0 Å². The highest BCUT2D eigenvalue weighted by molar-refractivity contribution is 5.76. The highest BCUT2D eigenvalue weighted by Gasteiger charge is 2.29. The molecule has 0 amide bonds. The first-order valence-corrected chi connectivity index (χ1v) is 7.82. The zero-order valence-electron chi connectivity index (χ0n) is 12.9. The Morgan fingerprint density at radius 2 is 2.17 bits per heavy atom. The van der Waals surface area contributed by atoms with Crippen molar-refractivity contribution in [2.24, 2.45) is 0 Å². The van der Waals surface area contributed by atoms with Crippen LogP contribution in [-0.4, -0.2) is 37.4 Å². The molecule has 122 valence electrons. The van der Waals surface area contributed by atoms with E-state index < -0.39 is 12.0 Å². The number of benzene rings is 1. The summed E-state index contributed by atoms with van der Waals surface area (Å²) in [6, 6.07) is 9.33. The molecule has 3 N–H and O–H groups in total. The second kappa shape index (κ2) is 5.93. The van der Waals surface area contributed by atoms with Gasteiger partial charge in [0.1, 0.15) is 5.82 Å². The molecule has 7 heteroatoms. The van der Waals surface area contributed by atoms with Gasteiger partial charge in [-0.05, 0) is 5.56 Å². The maximum Gasteiger partial charge on any atom is 0.327 e. The predicted octanol–water partition coefficient (Wildman–Crippen LogP) is 1.59. The Morgan fingerprint density at radius 1 is 1.33 bits per heavy atom. The second-order valence-electron chi connectivity index (χ2n) is 5.84. The van der Waals surface area contributed by atoms with E-state index in [1.807, 2.05) is 29.1 Å². The number of aliphatic carboxylic acids is 1. The second-order valence-corrected chi connectivity index (χ2v) is 5.84. The summed E-state index contributed by atoms with van der Waals surface area (Å²) in [4.78, 5) is 19.1. The molecule has 7 nitrogen and oxygen atoms in total. The number of aromatic nitrogens is 4. The molecule has 0 unspecified atom stereocenters. The van der Waals surface area contributed by atoms with Crippen molar-refractivity contribution in [1.82, 2.24) is 25.1 Å². The van der Waals surface area contributed by atoms with Crippen molar-refractivity contribution >= 4 is 5.97 Å². The fourth-order valence-electron chi connectivity index (χ4n) is 2.97. The molecule has 0 saturated carbocycles. The Kier molecular flexibility index (Phi) is 3.62. The van der Waals surface area contributed by atoms with Crippen molar-refractivity contribution in [1.29, 1.82) is 0 Å². The average molecular weight is 323 g/mol. The van der Waals surface area contributed by atoms with Gasteiger partial charge in [0.05, 0.1) is 24.0 Å². The minimum Gasteiger partial charge on any atom is -0.480 e. The number of carbonyl (C=O) groups is 1. The number of carboxylic acids is 1. The van der Waals surface area contributed by atoms with Crippen LogP contribution in [0.15, 0.2) is 42.7 Å². The van der Waals surface area contributed by atoms with Crippen LogP contribution in [0.25, 0.3) is 11.4 Å². The smallest absolute Gasteiger partial charge is 0.327 e. The standard InChI is InChI=1S/C17H17N5O2/c23-17(24)15-14-13(6-7-18-15)20-16(21-14)12-8-19-22(10-12)9-11-4-2-1-3-5-11/h1-5,8,10,15,18H,6-7,9H2,(H,20,21)(H,23,24)/t15-/m1/s1. The topological polar surface area (TPSA) is 95.8 Å². The number of nitrogens with zero attached hydrogens (tertiary/aromatic N) is 3. The van der Waals surface area contributed by atoms with Crippen LogP contribution >= 0.6 is 0 Å². The average Bonchev–Trinajstić information content (AvgIpc) is 3.21. The van der Waals surface area contributed by atoms with Crippen molar-refractivity contribution in [3.63, 3.8) is 0 Å². The largest absolute Gasteiger partial charge is 0.480 e. The van der Waals surface area contributed by atoms with Gasteiger partial charge in [-0.3, -0.25) is 14.8 Å². The Bertz CT molecular complexity index is 868. The van der Waals surface area contributed by atoms with Crippen LogP contribution in [0, 0.1) is 0 Å².